The quantitative estimate of drug-likeness (QED) is 0.399. The van der Waals surface area contributed by atoms with E-state index < -0.39 is 15.9 Å². The molecular formula is C22H24BrN3O3S2. The molecule has 1 aromatic heterocycles. The average Bonchev–Trinajstić information content (AvgIpc) is 3.08. The van der Waals surface area contributed by atoms with Crippen LogP contribution in [0.4, 0.5) is 0 Å². The second-order valence-electron chi connectivity index (χ2n) is 7.02. The molecule has 164 valence electrons. The Kier molecular flexibility index (Phi) is 7.64. The van der Waals surface area contributed by atoms with Crippen molar-refractivity contribution in [3.8, 4) is 0 Å². The number of rotatable bonds is 8. The molecule has 0 saturated carbocycles. The average molecular weight is 522 g/mol. The fourth-order valence-corrected chi connectivity index (χ4v) is 5.84. The van der Waals surface area contributed by atoms with Crippen LogP contribution >= 0.6 is 27.3 Å². The van der Waals surface area contributed by atoms with Crippen molar-refractivity contribution >= 4 is 53.4 Å². The van der Waals surface area contributed by atoms with Crippen LogP contribution in [-0.2, 0) is 16.6 Å². The van der Waals surface area contributed by atoms with Gasteiger partial charge in [0.1, 0.15) is 0 Å². The molecule has 3 aromatic rings. The lowest BCUT2D eigenvalue weighted by Crippen LogP contribution is -2.27. The maximum absolute atomic E-state index is 12.8. The predicted octanol–water partition coefficient (Wildman–Crippen LogP) is 4.81. The van der Waals surface area contributed by atoms with Crippen LogP contribution in [0.15, 0.2) is 69.5 Å². The van der Waals surface area contributed by atoms with Gasteiger partial charge in [-0.25, -0.2) is 12.7 Å². The van der Waals surface area contributed by atoms with E-state index in [1.165, 1.54) is 39.9 Å². The van der Waals surface area contributed by atoms with Gasteiger partial charge in [0.05, 0.1) is 15.1 Å². The summed E-state index contributed by atoms with van der Waals surface area (Å²) in [5.74, 6) is -0.424. The number of carbonyl (C=O) groups excluding carboxylic acids is 1. The van der Waals surface area contributed by atoms with E-state index >= 15 is 0 Å². The number of thiazole rings is 1. The van der Waals surface area contributed by atoms with Crippen molar-refractivity contribution in [1.29, 1.82) is 0 Å². The molecule has 0 aliphatic carbocycles. The standard InChI is InChI=1S/C22H24BrN3O3S2/c1-4-6-14-25(3)31(28,29)18-10-7-16(8-11-18)21(27)24-22-26(13-5-2)19-12-9-17(23)15-20(19)30-22/h5,7-12,15H,2,4,6,13-14H2,1,3H3. The van der Waals surface area contributed by atoms with Gasteiger partial charge >= 0.3 is 0 Å². The topological polar surface area (TPSA) is 71.7 Å². The van der Waals surface area contributed by atoms with E-state index in [-0.39, 0.29) is 4.90 Å². The van der Waals surface area contributed by atoms with E-state index in [2.05, 4.69) is 27.5 Å². The summed E-state index contributed by atoms with van der Waals surface area (Å²) in [6.45, 7) is 6.78. The summed E-state index contributed by atoms with van der Waals surface area (Å²) in [5, 5.41) is 0. The van der Waals surface area contributed by atoms with Crippen LogP contribution in [-0.4, -0.2) is 36.8 Å². The number of benzene rings is 2. The summed E-state index contributed by atoms with van der Waals surface area (Å²) in [6, 6.07) is 11.8. The zero-order chi connectivity index (χ0) is 22.6. The monoisotopic (exact) mass is 521 g/mol. The van der Waals surface area contributed by atoms with Gasteiger partial charge in [0.15, 0.2) is 4.80 Å². The van der Waals surface area contributed by atoms with Gasteiger partial charge in [0.25, 0.3) is 5.91 Å². The highest BCUT2D eigenvalue weighted by molar-refractivity contribution is 9.10. The van der Waals surface area contributed by atoms with E-state index in [0.717, 1.165) is 27.5 Å². The molecular weight excluding hydrogens is 498 g/mol. The van der Waals surface area contributed by atoms with E-state index in [4.69, 9.17) is 0 Å². The van der Waals surface area contributed by atoms with Crippen LogP contribution in [0.5, 0.6) is 0 Å². The molecule has 1 heterocycles. The smallest absolute Gasteiger partial charge is 0.279 e. The van der Waals surface area contributed by atoms with Crippen molar-refractivity contribution in [2.24, 2.45) is 4.99 Å². The summed E-state index contributed by atoms with van der Waals surface area (Å²) in [7, 11) is -2.01. The highest BCUT2D eigenvalue weighted by Gasteiger charge is 2.20. The van der Waals surface area contributed by atoms with E-state index in [9.17, 15) is 13.2 Å². The molecule has 0 aliphatic heterocycles. The Balaban J connectivity index is 1.93. The zero-order valence-corrected chi connectivity index (χ0v) is 20.6. The molecule has 0 aliphatic rings. The first kappa shape index (κ1) is 23.6. The third-order valence-electron chi connectivity index (χ3n) is 4.79. The minimum absolute atomic E-state index is 0.163. The molecule has 0 spiro atoms. The van der Waals surface area contributed by atoms with E-state index in [1.807, 2.05) is 29.7 Å². The van der Waals surface area contributed by atoms with Gasteiger partial charge in [-0.15, -0.1) is 6.58 Å². The van der Waals surface area contributed by atoms with Gasteiger partial charge in [0, 0.05) is 30.2 Å². The number of carbonyl (C=O) groups is 1. The Bertz CT molecular complexity index is 1280. The van der Waals surface area contributed by atoms with Crippen molar-refractivity contribution in [3.63, 3.8) is 0 Å². The molecule has 0 unspecified atom stereocenters. The van der Waals surface area contributed by atoms with Crippen LogP contribution in [0.1, 0.15) is 30.1 Å². The molecule has 0 radical (unpaired) electrons. The van der Waals surface area contributed by atoms with E-state index in [1.54, 1.807) is 13.1 Å². The highest BCUT2D eigenvalue weighted by atomic mass is 79.9. The van der Waals surface area contributed by atoms with Gasteiger partial charge in [0.2, 0.25) is 10.0 Å². The van der Waals surface area contributed by atoms with Crippen molar-refractivity contribution < 1.29 is 13.2 Å². The minimum Gasteiger partial charge on any atom is -0.312 e. The van der Waals surface area contributed by atoms with Gasteiger partial charge in [-0.2, -0.15) is 4.99 Å². The van der Waals surface area contributed by atoms with Crippen LogP contribution < -0.4 is 4.80 Å². The summed E-state index contributed by atoms with van der Waals surface area (Å²) >= 11 is 4.88. The molecule has 31 heavy (non-hydrogen) atoms. The molecule has 0 saturated heterocycles. The first-order valence-electron chi connectivity index (χ1n) is 9.83. The Hall–Kier alpha value is -2.07. The van der Waals surface area contributed by atoms with Crippen LogP contribution in [0, 0.1) is 0 Å². The number of allylic oxidation sites excluding steroid dienone is 1. The number of unbranched alkanes of at least 4 members (excludes halogenated alkanes) is 1. The molecule has 2 aromatic carbocycles. The molecule has 0 bridgehead atoms. The second-order valence-corrected chi connectivity index (χ2v) is 11.0. The largest absolute Gasteiger partial charge is 0.312 e. The molecule has 3 rings (SSSR count). The Morgan fingerprint density at radius 3 is 2.61 bits per heavy atom. The van der Waals surface area contributed by atoms with Crippen molar-refractivity contribution in [2.45, 2.75) is 31.2 Å². The van der Waals surface area contributed by atoms with Crippen molar-refractivity contribution in [2.75, 3.05) is 13.6 Å². The molecule has 1 amide bonds. The minimum atomic E-state index is -3.57. The SMILES string of the molecule is C=CCn1c(=NC(=O)c2ccc(S(=O)(=O)N(C)CCCC)cc2)sc2cc(Br)ccc21. The van der Waals surface area contributed by atoms with Crippen LogP contribution in [0.3, 0.4) is 0 Å². The summed E-state index contributed by atoms with van der Waals surface area (Å²) in [5.41, 5.74) is 1.30. The maximum Gasteiger partial charge on any atom is 0.279 e. The lowest BCUT2D eigenvalue weighted by molar-refractivity contribution is 0.0998. The summed E-state index contributed by atoms with van der Waals surface area (Å²) in [6.07, 6.45) is 3.46. The Labute approximate surface area is 194 Å². The fraction of sp³-hybridized carbons (Fsp3) is 0.273. The lowest BCUT2D eigenvalue weighted by atomic mass is 10.2. The molecule has 9 heteroatoms. The molecule has 0 N–H and O–H groups in total. The third kappa shape index (κ3) is 5.23. The van der Waals surface area contributed by atoms with Crippen LogP contribution in [0.2, 0.25) is 0 Å². The number of hydrogen-bond acceptors (Lipinski definition) is 4. The number of fused-ring (bicyclic) bond motifs is 1. The van der Waals surface area contributed by atoms with Gasteiger partial charge in [-0.05, 0) is 48.9 Å². The number of amides is 1. The Morgan fingerprint density at radius 2 is 1.97 bits per heavy atom. The first-order chi connectivity index (χ1) is 14.8. The predicted molar refractivity (Wildman–Crippen MR) is 129 cm³/mol. The molecule has 0 fully saturated rings. The highest BCUT2D eigenvalue weighted by Crippen LogP contribution is 2.22. The summed E-state index contributed by atoms with van der Waals surface area (Å²) < 4.78 is 30.5. The maximum atomic E-state index is 12.8. The number of aromatic nitrogens is 1. The van der Waals surface area contributed by atoms with Gasteiger partial charge in [-0.3, -0.25) is 4.79 Å². The fourth-order valence-electron chi connectivity index (χ4n) is 3.04. The lowest BCUT2D eigenvalue weighted by Gasteiger charge is -2.16. The van der Waals surface area contributed by atoms with Gasteiger partial charge in [-0.1, -0.05) is 46.7 Å². The number of sulfonamides is 1. The third-order valence-corrected chi connectivity index (χ3v) is 8.20. The Morgan fingerprint density at radius 1 is 1.26 bits per heavy atom. The van der Waals surface area contributed by atoms with E-state index in [0.29, 0.717) is 23.5 Å². The van der Waals surface area contributed by atoms with Crippen molar-refractivity contribution in [3.05, 3.63) is 70.0 Å². The second kappa shape index (κ2) is 10.0. The van der Waals surface area contributed by atoms with Crippen molar-refractivity contribution in [1.82, 2.24) is 8.87 Å². The molecule has 0 atom stereocenters. The number of halogens is 1. The normalized spacial score (nSPS) is 12.6. The van der Waals surface area contributed by atoms with Gasteiger partial charge < -0.3 is 4.57 Å². The number of hydrogen-bond donors (Lipinski definition) is 0. The summed E-state index contributed by atoms with van der Waals surface area (Å²) in [4.78, 5) is 17.8. The zero-order valence-electron chi connectivity index (χ0n) is 17.4. The molecule has 6 nitrogen and oxygen atoms in total. The number of nitrogens with zero attached hydrogens (tertiary/aromatic N) is 3. The van der Waals surface area contributed by atoms with Crippen LogP contribution in [0.25, 0.3) is 10.2 Å². The first-order valence-corrected chi connectivity index (χ1v) is 12.9.